The fourth-order valence-corrected chi connectivity index (χ4v) is 3.06. The zero-order valence-corrected chi connectivity index (χ0v) is 19.8. The van der Waals surface area contributed by atoms with Crippen molar-refractivity contribution in [2.45, 2.75) is 26.9 Å². The number of esters is 1. The first-order valence-corrected chi connectivity index (χ1v) is 11.0. The molecule has 7 nitrogen and oxygen atoms in total. The second-order valence-corrected chi connectivity index (χ2v) is 7.57. The van der Waals surface area contributed by atoms with Gasteiger partial charge in [-0.3, -0.25) is 5.32 Å². The summed E-state index contributed by atoms with van der Waals surface area (Å²) >= 11 is 0. The largest absolute Gasteiger partial charge is 0.491 e. The number of anilines is 1. The molecule has 0 aliphatic carbocycles. The van der Waals surface area contributed by atoms with Crippen LogP contribution < -0.4 is 10.1 Å². The summed E-state index contributed by atoms with van der Waals surface area (Å²) in [6, 6.07) is 9.51. The lowest BCUT2D eigenvalue weighted by molar-refractivity contribution is -0.137. The molecule has 0 aliphatic heterocycles. The lowest BCUT2D eigenvalue weighted by atomic mass is 9.96. The highest BCUT2D eigenvalue weighted by molar-refractivity contribution is 5.85. The third-order valence-electron chi connectivity index (χ3n) is 4.74. The average Bonchev–Trinajstić information content (AvgIpc) is 2.82. The Morgan fingerprint density at radius 1 is 1.14 bits per heavy atom. The van der Waals surface area contributed by atoms with Crippen molar-refractivity contribution >= 4 is 17.7 Å². The van der Waals surface area contributed by atoms with Crippen LogP contribution >= 0.6 is 0 Å². The Labute approximate surface area is 203 Å². The van der Waals surface area contributed by atoms with Gasteiger partial charge in [0.25, 0.3) is 0 Å². The van der Waals surface area contributed by atoms with Crippen molar-refractivity contribution in [1.82, 2.24) is 0 Å². The Balaban J connectivity index is 2.23. The molecular weight excluding hydrogens is 460 g/mol. The van der Waals surface area contributed by atoms with Crippen LogP contribution in [0.1, 0.15) is 32.4 Å². The van der Waals surface area contributed by atoms with Crippen LogP contribution in [0.4, 0.5) is 19.3 Å². The van der Waals surface area contributed by atoms with Gasteiger partial charge in [0.1, 0.15) is 30.1 Å². The summed E-state index contributed by atoms with van der Waals surface area (Å²) in [7, 11) is 0. The van der Waals surface area contributed by atoms with E-state index in [1.165, 1.54) is 6.08 Å². The van der Waals surface area contributed by atoms with Gasteiger partial charge >= 0.3 is 12.1 Å². The van der Waals surface area contributed by atoms with Crippen molar-refractivity contribution in [3.8, 4) is 5.75 Å². The third kappa shape index (κ3) is 9.21. The molecule has 2 N–H and O–H groups in total. The summed E-state index contributed by atoms with van der Waals surface area (Å²) in [6.07, 6.45) is 3.09. The molecule has 2 aromatic carbocycles. The van der Waals surface area contributed by atoms with Gasteiger partial charge in [-0.15, -0.1) is 0 Å². The maximum absolute atomic E-state index is 13.9. The molecular formula is C26H29F2NO6. The molecule has 0 spiro atoms. The molecule has 0 unspecified atom stereocenters. The lowest BCUT2D eigenvalue weighted by Gasteiger charge is -2.23. The second kappa shape index (κ2) is 13.9. The number of carbonyl (C=O) groups excluding carboxylic acids is 2. The molecule has 35 heavy (non-hydrogen) atoms. The van der Waals surface area contributed by atoms with E-state index in [9.17, 15) is 18.4 Å². The number of aliphatic hydroxyl groups excluding tert-OH is 1. The standard InChI is InChI=1S/C26H29F2NO6/c1-4-33-24(31)15-17(2)5-6-18(3)25(19-7-10-21(11-8-19)34-14-13-30)35-26(32)29-23-12-9-20(27)16-22(23)28/h5-12,15-16,18,25,30H,4,13-14H2,1-3H3,(H,29,32)/b6-5+,17-15+/t18-,25-/m1/s1. The molecule has 0 saturated heterocycles. The molecule has 0 aliphatic rings. The summed E-state index contributed by atoms with van der Waals surface area (Å²) in [6.45, 7) is 5.52. The molecule has 0 heterocycles. The number of hydrogen-bond acceptors (Lipinski definition) is 6. The second-order valence-electron chi connectivity index (χ2n) is 7.57. The average molecular weight is 490 g/mol. The highest BCUT2D eigenvalue weighted by atomic mass is 19.1. The van der Waals surface area contributed by atoms with Crippen LogP contribution in [-0.4, -0.2) is 37.0 Å². The van der Waals surface area contributed by atoms with Crippen molar-refractivity contribution in [3.05, 3.63) is 83.5 Å². The zero-order valence-electron chi connectivity index (χ0n) is 19.8. The fraction of sp³-hybridized carbons (Fsp3) is 0.308. The Morgan fingerprint density at radius 3 is 2.49 bits per heavy atom. The van der Waals surface area contributed by atoms with Gasteiger partial charge in [0.2, 0.25) is 0 Å². The van der Waals surface area contributed by atoms with Gasteiger partial charge in [-0.2, -0.15) is 0 Å². The number of aliphatic hydroxyl groups is 1. The van der Waals surface area contributed by atoms with Crippen molar-refractivity contribution in [1.29, 1.82) is 0 Å². The maximum atomic E-state index is 13.9. The minimum atomic E-state index is -0.934. The number of benzene rings is 2. The summed E-state index contributed by atoms with van der Waals surface area (Å²) in [5, 5.41) is 11.2. The first-order chi connectivity index (χ1) is 16.7. The summed E-state index contributed by atoms with van der Waals surface area (Å²) < 4.78 is 43.0. The summed E-state index contributed by atoms with van der Waals surface area (Å²) in [5.41, 5.74) is 1.04. The number of halogens is 2. The van der Waals surface area contributed by atoms with Gasteiger partial charge < -0.3 is 19.3 Å². The van der Waals surface area contributed by atoms with E-state index in [1.54, 1.807) is 57.2 Å². The van der Waals surface area contributed by atoms with Crippen LogP contribution in [0.2, 0.25) is 0 Å². The monoisotopic (exact) mass is 489 g/mol. The van der Waals surface area contributed by atoms with Crippen molar-refractivity contribution in [3.63, 3.8) is 0 Å². The van der Waals surface area contributed by atoms with Gasteiger partial charge in [-0.25, -0.2) is 18.4 Å². The number of allylic oxidation sites excluding steroid dienone is 2. The van der Waals surface area contributed by atoms with Crippen molar-refractivity contribution in [2.75, 3.05) is 25.1 Å². The maximum Gasteiger partial charge on any atom is 0.412 e. The van der Waals surface area contributed by atoms with Crippen LogP contribution in [-0.2, 0) is 14.3 Å². The van der Waals surface area contributed by atoms with Crippen LogP contribution in [0, 0.1) is 17.6 Å². The van der Waals surface area contributed by atoms with Gasteiger partial charge in [0, 0.05) is 18.1 Å². The number of carbonyl (C=O) groups is 2. The van der Waals surface area contributed by atoms with Crippen molar-refractivity contribution < 1.29 is 37.7 Å². The van der Waals surface area contributed by atoms with Gasteiger partial charge in [0.15, 0.2) is 0 Å². The molecule has 0 saturated carbocycles. The number of ether oxygens (including phenoxy) is 3. The first kappa shape index (κ1) is 27.5. The molecule has 0 fully saturated rings. The molecule has 2 rings (SSSR count). The molecule has 9 heteroatoms. The minimum Gasteiger partial charge on any atom is -0.491 e. The van der Waals surface area contributed by atoms with Gasteiger partial charge in [0.05, 0.1) is 18.9 Å². The summed E-state index contributed by atoms with van der Waals surface area (Å²) in [4.78, 5) is 24.2. The van der Waals surface area contributed by atoms with E-state index in [1.807, 2.05) is 0 Å². The van der Waals surface area contributed by atoms with Crippen LogP contribution in [0.25, 0.3) is 0 Å². The topological polar surface area (TPSA) is 94.1 Å². The lowest BCUT2D eigenvalue weighted by Crippen LogP contribution is -2.21. The molecule has 188 valence electrons. The molecule has 1 amide bonds. The van der Waals surface area contributed by atoms with E-state index >= 15 is 0 Å². The Kier molecular flexibility index (Phi) is 10.9. The van der Waals surface area contributed by atoms with Crippen molar-refractivity contribution in [2.24, 2.45) is 5.92 Å². The number of rotatable bonds is 11. The molecule has 2 aromatic rings. The van der Waals surface area contributed by atoms with Crippen LogP contribution in [0.15, 0.2) is 66.3 Å². The van der Waals surface area contributed by atoms with E-state index in [2.05, 4.69) is 5.32 Å². The first-order valence-electron chi connectivity index (χ1n) is 11.0. The quantitative estimate of drug-likeness (QED) is 0.252. The fourth-order valence-electron chi connectivity index (χ4n) is 3.06. The van der Waals surface area contributed by atoms with Crippen LogP contribution in [0.5, 0.6) is 5.75 Å². The number of hydrogen-bond donors (Lipinski definition) is 2. The Morgan fingerprint density at radius 2 is 1.86 bits per heavy atom. The third-order valence-corrected chi connectivity index (χ3v) is 4.74. The number of amides is 1. The van der Waals surface area contributed by atoms with Gasteiger partial charge in [-0.05, 0) is 49.2 Å². The molecule has 0 aromatic heterocycles. The summed E-state index contributed by atoms with van der Waals surface area (Å²) in [5.74, 6) is -2.01. The predicted octanol–water partition coefficient (Wildman–Crippen LogP) is 5.33. The normalized spacial score (nSPS) is 13.3. The number of nitrogens with one attached hydrogen (secondary N) is 1. The predicted molar refractivity (Wildman–Crippen MR) is 127 cm³/mol. The zero-order chi connectivity index (χ0) is 25.8. The van der Waals surface area contributed by atoms with Gasteiger partial charge in [-0.1, -0.05) is 31.2 Å². The molecule has 0 radical (unpaired) electrons. The van der Waals surface area contributed by atoms with E-state index < -0.39 is 29.8 Å². The van der Waals surface area contributed by atoms with E-state index in [4.69, 9.17) is 19.3 Å². The Hall–Kier alpha value is -3.72. The Bertz CT molecular complexity index is 1050. The molecule has 0 bridgehead atoms. The molecule has 2 atom stereocenters. The van der Waals surface area contributed by atoms with E-state index in [-0.39, 0.29) is 31.4 Å². The van der Waals surface area contributed by atoms with Crippen LogP contribution in [0.3, 0.4) is 0 Å². The minimum absolute atomic E-state index is 0.131. The SMILES string of the molecule is CCOC(=O)/C=C(C)/C=C/[C@@H](C)[C@@H](OC(=O)Nc1ccc(F)cc1F)c1ccc(OCCO)cc1. The highest BCUT2D eigenvalue weighted by Gasteiger charge is 2.23. The van der Waals surface area contributed by atoms with E-state index in [0.29, 0.717) is 23.0 Å². The van der Waals surface area contributed by atoms with E-state index in [0.717, 1.165) is 12.1 Å². The smallest absolute Gasteiger partial charge is 0.412 e. The highest BCUT2D eigenvalue weighted by Crippen LogP contribution is 2.30.